The molecule has 0 heterocycles. The molecular formula is C12H22N2O4. The van der Waals surface area contributed by atoms with Gasteiger partial charge in [-0.15, -0.1) is 0 Å². The Morgan fingerprint density at radius 2 is 1.94 bits per heavy atom. The van der Waals surface area contributed by atoms with Gasteiger partial charge in [0.25, 0.3) is 0 Å². The second kappa shape index (κ2) is 6.04. The number of carbonyl (C=O) groups excluding carboxylic acids is 1. The number of carbonyl (C=O) groups is 2. The molecule has 1 aliphatic carbocycles. The maximum Gasteiger partial charge on any atom is 0.337 e. The van der Waals surface area contributed by atoms with Crippen molar-refractivity contribution in [2.24, 2.45) is 0 Å². The lowest BCUT2D eigenvalue weighted by Gasteiger charge is -2.29. The fourth-order valence-electron chi connectivity index (χ4n) is 2.21. The van der Waals surface area contributed by atoms with Gasteiger partial charge in [-0.05, 0) is 26.7 Å². The molecule has 1 unspecified atom stereocenters. The average Bonchev–Trinajstić information content (AvgIpc) is 2.81. The van der Waals surface area contributed by atoms with E-state index in [2.05, 4.69) is 5.32 Å². The van der Waals surface area contributed by atoms with Gasteiger partial charge in [0.15, 0.2) is 5.60 Å². The molecule has 0 aromatic carbocycles. The number of nitrogens with zero attached hydrogens (tertiary/aromatic N) is 1. The van der Waals surface area contributed by atoms with E-state index in [4.69, 9.17) is 5.11 Å². The van der Waals surface area contributed by atoms with Gasteiger partial charge in [0.05, 0.1) is 6.54 Å². The van der Waals surface area contributed by atoms with Crippen molar-refractivity contribution in [3.63, 3.8) is 0 Å². The molecular weight excluding hydrogens is 236 g/mol. The summed E-state index contributed by atoms with van der Waals surface area (Å²) in [7, 11) is 0. The molecule has 0 spiro atoms. The molecule has 0 bridgehead atoms. The number of hydrogen-bond acceptors (Lipinski definition) is 3. The zero-order valence-corrected chi connectivity index (χ0v) is 11.0. The van der Waals surface area contributed by atoms with E-state index in [0.29, 0.717) is 6.54 Å². The van der Waals surface area contributed by atoms with Crippen LogP contribution in [0.4, 0.5) is 4.79 Å². The highest BCUT2D eigenvalue weighted by molar-refractivity contribution is 5.79. The van der Waals surface area contributed by atoms with Gasteiger partial charge in [0.2, 0.25) is 0 Å². The van der Waals surface area contributed by atoms with E-state index in [1.54, 1.807) is 4.90 Å². The molecule has 3 N–H and O–H groups in total. The molecule has 1 rings (SSSR count). The van der Waals surface area contributed by atoms with Crippen LogP contribution >= 0.6 is 0 Å². The normalized spacial score (nSPS) is 19.3. The lowest BCUT2D eigenvalue weighted by Crippen LogP contribution is -2.52. The van der Waals surface area contributed by atoms with Crippen molar-refractivity contribution in [1.82, 2.24) is 10.2 Å². The molecule has 1 fully saturated rings. The monoisotopic (exact) mass is 258 g/mol. The maximum atomic E-state index is 11.9. The lowest BCUT2D eigenvalue weighted by atomic mass is 10.1. The van der Waals surface area contributed by atoms with Gasteiger partial charge in [-0.1, -0.05) is 12.8 Å². The number of nitrogens with one attached hydrogen (secondary N) is 1. The number of urea groups is 1. The van der Waals surface area contributed by atoms with Crippen molar-refractivity contribution in [3.05, 3.63) is 0 Å². The predicted octanol–water partition coefficient (Wildman–Crippen LogP) is 0.796. The minimum absolute atomic E-state index is 0.241. The molecule has 2 amide bonds. The van der Waals surface area contributed by atoms with Crippen LogP contribution in [0, 0.1) is 0 Å². The first-order valence-corrected chi connectivity index (χ1v) is 6.38. The van der Waals surface area contributed by atoms with E-state index in [-0.39, 0.29) is 18.6 Å². The van der Waals surface area contributed by atoms with E-state index < -0.39 is 11.6 Å². The quantitative estimate of drug-likeness (QED) is 0.680. The van der Waals surface area contributed by atoms with E-state index in [0.717, 1.165) is 25.7 Å². The summed E-state index contributed by atoms with van der Waals surface area (Å²) in [5, 5.41) is 20.8. The number of carboxylic acid groups (broad SMARTS) is 1. The number of carboxylic acids is 1. The Kier molecular flexibility index (Phi) is 4.95. The van der Waals surface area contributed by atoms with Crippen molar-refractivity contribution in [2.45, 2.75) is 51.2 Å². The lowest BCUT2D eigenvalue weighted by molar-refractivity contribution is -0.155. The highest BCUT2D eigenvalue weighted by Crippen LogP contribution is 2.23. The topological polar surface area (TPSA) is 89.9 Å². The Hall–Kier alpha value is -1.30. The van der Waals surface area contributed by atoms with Gasteiger partial charge in [-0.25, -0.2) is 9.59 Å². The summed E-state index contributed by atoms with van der Waals surface area (Å²) in [4.78, 5) is 24.4. The van der Waals surface area contributed by atoms with Crippen LogP contribution < -0.4 is 5.32 Å². The first-order valence-electron chi connectivity index (χ1n) is 6.38. The first-order chi connectivity index (χ1) is 8.38. The molecule has 18 heavy (non-hydrogen) atoms. The molecule has 0 saturated heterocycles. The van der Waals surface area contributed by atoms with Crippen molar-refractivity contribution < 1.29 is 19.8 Å². The van der Waals surface area contributed by atoms with Gasteiger partial charge < -0.3 is 20.4 Å². The van der Waals surface area contributed by atoms with Crippen LogP contribution in [0.15, 0.2) is 0 Å². The van der Waals surface area contributed by atoms with Crippen LogP contribution in [-0.2, 0) is 4.79 Å². The standard InChI is InChI=1S/C12H22N2O4/c1-3-14(9-6-4-5-7-9)11(17)13-8-12(2,18)10(15)16/h9,18H,3-8H2,1-2H3,(H,13,17)(H,15,16). The summed E-state index contributed by atoms with van der Waals surface area (Å²) in [6.45, 7) is 3.37. The number of rotatable bonds is 5. The first kappa shape index (κ1) is 14.8. The second-order valence-corrected chi connectivity index (χ2v) is 4.96. The van der Waals surface area contributed by atoms with Gasteiger partial charge >= 0.3 is 12.0 Å². The summed E-state index contributed by atoms with van der Waals surface area (Å²) in [5.41, 5.74) is -1.93. The minimum atomic E-state index is -1.93. The highest BCUT2D eigenvalue weighted by Gasteiger charge is 2.32. The van der Waals surface area contributed by atoms with Crippen LogP contribution in [-0.4, -0.2) is 51.8 Å². The van der Waals surface area contributed by atoms with E-state index in [1.165, 1.54) is 6.92 Å². The molecule has 1 atom stereocenters. The molecule has 0 radical (unpaired) electrons. The Bertz CT molecular complexity index is 311. The minimum Gasteiger partial charge on any atom is -0.479 e. The zero-order valence-electron chi connectivity index (χ0n) is 11.0. The van der Waals surface area contributed by atoms with Crippen molar-refractivity contribution in [1.29, 1.82) is 0 Å². The molecule has 6 nitrogen and oxygen atoms in total. The van der Waals surface area contributed by atoms with Crippen LogP contribution in [0.1, 0.15) is 39.5 Å². The Morgan fingerprint density at radius 1 is 1.39 bits per heavy atom. The summed E-state index contributed by atoms with van der Waals surface area (Å²) in [5.74, 6) is -1.34. The molecule has 0 aliphatic heterocycles. The summed E-state index contributed by atoms with van der Waals surface area (Å²) in [6, 6.07) is -0.0595. The van der Waals surface area contributed by atoms with E-state index in [1.807, 2.05) is 6.92 Å². The van der Waals surface area contributed by atoms with Gasteiger partial charge in [-0.2, -0.15) is 0 Å². The molecule has 104 valence electrons. The maximum absolute atomic E-state index is 11.9. The van der Waals surface area contributed by atoms with Crippen molar-refractivity contribution >= 4 is 12.0 Å². The van der Waals surface area contributed by atoms with Crippen LogP contribution in [0.5, 0.6) is 0 Å². The summed E-state index contributed by atoms with van der Waals surface area (Å²) in [6.07, 6.45) is 4.25. The fourth-order valence-corrected chi connectivity index (χ4v) is 2.21. The van der Waals surface area contributed by atoms with Crippen molar-refractivity contribution in [3.8, 4) is 0 Å². The van der Waals surface area contributed by atoms with Crippen molar-refractivity contribution in [2.75, 3.05) is 13.1 Å². The largest absolute Gasteiger partial charge is 0.479 e. The number of amides is 2. The summed E-state index contributed by atoms with van der Waals surface area (Å²) < 4.78 is 0. The van der Waals surface area contributed by atoms with E-state index >= 15 is 0 Å². The third-order valence-corrected chi connectivity index (χ3v) is 3.41. The number of aliphatic hydroxyl groups is 1. The third-order valence-electron chi connectivity index (χ3n) is 3.41. The third kappa shape index (κ3) is 3.60. The van der Waals surface area contributed by atoms with Crippen LogP contribution in [0.25, 0.3) is 0 Å². The van der Waals surface area contributed by atoms with Gasteiger partial charge in [0.1, 0.15) is 0 Å². The molecule has 1 saturated carbocycles. The zero-order chi connectivity index (χ0) is 13.8. The predicted molar refractivity (Wildman–Crippen MR) is 66.3 cm³/mol. The van der Waals surface area contributed by atoms with Gasteiger partial charge in [0, 0.05) is 12.6 Å². The number of hydrogen-bond donors (Lipinski definition) is 3. The van der Waals surface area contributed by atoms with Gasteiger partial charge in [-0.3, -0.25) is 0 Å². The highest BCUT2D eigenvalue weighted by atomic mass is 16.4. The Morgan fingerprint density at radius 3 is 2.39 bits per heavy atom. The van der Waals surface area contributed by atoms with Crippen LogP contribution in [0.2, 0.25) is 0 Å². The molecule has 1 aliphatic rings. The summed E-state index contributed by atoms with van der Waals surface area (Å²) >= 11 is 0. The molecule has 0 aromatic rings. The smallest absolute Gasteiger partial charge is 0.337 e. The SMILES string of the molecule is CCN(C(=O)NCC(C)(O)C(=O)O)C1CCCC1. The second-order valence-electron chi connectivity index (χ2n) is 4.96. The Labute approximate surface area is 107 Å². The molecule has 6 heteroatoms. The van der Waals surface area contributed by atoms with E-state index in [9.17, 15) is 14.7 Å². The van der Waals surface area contributed by atoms with Crippen LogP contribution in [0.3, 0.4) is 0 Å². The Balaban J connectivity index is 2.50. The fraction of sp³-hybridized carbons (Fsp3) is 0.833. The number of aliphatic carboxylic acids is 1. The average molecular weight is 258 g/mol. The molecule has 0 aromatic heterocycles.